The second-order valence-electron chi connectivity index (χ2n) is 2.44. The maximum Gasteiger partial charge on any atom is 0.0532 e. The molecule has 0 atom stereocenters. The van der Waals surface area contributed by atoms with Crippen LogP contribution in [-0.2, 0) is 6.54 Å². The third-order valence-corrected chi connectivity index (χ3v) is 1.55. The van der Waals surface area contributed by atoms with Crippen molar-refractivity contribution in [2.24, 2.45) is 0 Å². The second-order valence-corrected chi connectivity index (χ2v) is 2.44. The van der Waals surface area contributed by atoms with Crippen LogP contribution in [0.2, 0.25) is 0 Å². The average Bonchev–Trinajstić information content (AvgIpc) is 2.40. The lowest BCUT2D eigenvalue weighted by atomic mass is 10.3. The van der Waals surface area contributed by atoms with Gasteiger partial charge in [0.2, 0.25) is 0 Å². The number of hydrogen-bond acceptors (Lipinski definition) is 2. The first kappa shape index (κ1) is 7.28. The van der Waals surface area contributed by atoms with E-state index in [1.165, 1.54) is 5.56 Å². The van der Waals surface area contributed by atoms with Crippen molar-refractivity contribution < 1.29 is 0 Å². The molecule has 0 unspecified atom stereocenters. The molecule has 10 heavy (non-hydrogen) atoms. The van der Waals surface area contributed by atoms with Crippen molar-refractivity contribution in [3.8, 4) is 0 Å². The Morgan fingerprint density at radius 1 is 1.70 bits per heavy atom. The van der Waals surface area contributed by atoms with Crippen LogP contribution < -0.4 is 0 Å². The van der Waals surface area contributed by atoms with Crippen LogP contribution >= 0.6 is 0 Å². The molecule has 0 aromatic carbocycles. The standard InChI is InChI=1S/C7H13N3/c1-3-10(2)6-7-4-8-9-5-7/h4-5H,3,6H2,1-2H3,(H,8,9). The van der Waals surface area contributed by atoms with E-state index in [1.807, 2.05) is 12.4 Å². The minimum atomic E-state index is 0.979. The van der Waals surface area contributed by atoms with Crippen molar-refractivity contribution in [3.63, 3.8) is 0 Å². The van der Waals surface area contributed by atoms with Crippen molar-refractivity contribution in [2.75, 3.05) is 13.6 Å². The summed E-state index contributed by atoms with van der Waals surface area (Å²) in [6.07, 6.45) is 3.78. The zero-order chi connectivity index (χ0) is 7.40. The van der Waals surface area contributed by atoms with Crippen LogP contribution in [0.25, 0.3) is 0 Å². The highest BCUT2D eigenvalue weighted by Crippen LogP contribution is 1.97. The molecule has 0 aliphatic rings. The van der Waals surface area contributed by atoms with Gasteiger partial charge in [-0.05, 0) is 13.6 Å². The highest BCUT2D eigenvalue weighted by Gasteiger charge is 1.96. The lowest BCUT2D eigenvalue weighted by molar-refractivity contribution is 0.346. The third-order valence-electron chi connectivity index (χ3n) is 1.55. The molecule has 56 valence electrons. The molecule has 1 heterocycles. The summed E-state index contributed by atoms with van der Waals surface area (Å²) in [5.41, 5.74) is 1.24. The fourth-order valence-corrected chi connectivity index (χ4v) is 0.788. The summed E-state index contributed by atoms with van der Waals surface area (Å²) in [4.78, 5) is 2.23. The topological polar surface area (TPSA) is 31.9 Å². The van der Waals surface area contributed by atoms with Gasteiger partial charge in [0, 0.05) is 18.3 Å². The fourth-order valence-electron chi connectivity index (χ4n) is 0.788. The predicted molar refractivity (Wildman–Crippen MR) is 40.6 cm³/mol. The summed E-state index contributed by atoms with van der Waals surface area (Å²) in [7, 11) is 2.09. The van der Waals surface area contributed by atoms with Gasteiger partial charge in [-0.2, -0.15) is 5.10 Å². The molecule has 0 radical (unpaired) electrons. The Bertz CT molecular complexity index is 169. The second kappa shape index (κ2) is 3.37. The van der Waals surface area contributed by atoms with E-state index in [0.29, 0.717) is 0 Å². The van der Waals surface area contributed by atoms with Gasteiger partial charge >= 0.3 is 0 Å². The molecule has 3 heteroatoms. The quantitative estimate of drug-likeness (QED) is 0.673. The molecule has 0 bridgehead atoms. The van der Waals surface area contributed by atoms with Gasteiger partial charge in [-0.25, -0.2) is 0 Å². The summed E-state index contributed by atoms with van der Waals surface area (Å²) in [5, 5.41) is 6.64. The minimum absolute atomic E-state index is 0.979. The highest BCUT2D eigenvalue weighted by molar-refractivity contribution is 5.01. The van der Waals surface area contributed by atoms with E-state index in [-0.39, 0.29) is 0 Å². The SMILES string of the molecule is CCN(C)Cc1cn[nH]c1. The molecule has 0 saturated carbocycles. The lowest BCUT2D eigenvalue weighted by Gasteiger charge is -2.10. The summed E-state index contributed by atoms with van der Waals surface area (Å²) in [6, 6.07) is 0. The van der Waals surface area contributed by atoms with Crippen LogP contribution in [0.5, 0.6) is 0 Å². The molecule has 0 saturated heterocycles. The molecule has 3 nitrogen and oxygen atoms in total. The van der Waals surface area contributed by atoms with E-state index in [4.69, 9.17) is 0 Å². The Morgan fingerprint density at radius 3 is 3.00 bits per heavy atom. The number of aromatic nitrogens is 2. The van der Waals surface area contributed by atoms with Crippen LogP contribution in [0.1, 0.15) is 12.5 Å². The van der Waals surface area contributed by atoms with Gasteiger partial charge in [0.05, 0.1) is 6.20 Å². The van der Waals surface area contributed by atoms with E-state index >= 15 is 0 Å². The summed E-state index contributed by atoms with van der Waals surface area (Å²) >= 11 is 0. The molecule has 1 aromatic rings. The van der Waals surface area contributed by atoms with Crippen LogP contribution in [0.3, 0.4) is 0 Å². The highest BCUT2D eigenvalue weighted by atomic mass is 15.1. The maximum atomic E-state index is 3.86. The zero-order valence-corrected chi connectivity index (χ0v) is 6.46. The number of nitrogens with one attached hydrogen (secondary N) is 1. The normalized spacial score (nSPS) is 10.7. The third kappa shape index (κ3) is 1.84. The van der Waals surface area contributed by atoms with Gasteiger partial charge in [0.1, 0.15) is 0 Å². The van der Waals surface area contributed by atoms with Crippen LogP contribution in [0.15, 0.2) is 12.4 Å². The van der Waals surface area contributed by atoms with Crippen LogP contribution in [0.4, 0.5) is 0 Å². The Kier molecular flexibility index (Phi) is 2.45. The monoisotopic (exact) mass is 139 g/mol. The molecular weight excluding hydrogens is 126 g/mol. The number of nitrogens with zero attached hydrogens (tertiary/aromatic N) is 2. The van der Waals surface area contributed by atoms with E-state index < -0.39 is 0 Å². The lowest BCUT2D eigenvalue weighted by Crippen LogP contribution is -2.16. The molecule has 0 amide bonds. The first-order valence-electron chi connectivity index (χ1n) is 3.49. The number of hydrogen-bond donors (Lipinski definition) is 1. The molecule has 1 N–H and O–H groups in total. The van der Waals surface area contributed by atoms with Gasteiger partial charge in [-0.15, -0.1) is 0 Å². The zero-order valence-electron chi connectivity index (χ0n) is 6.46. The Hall–Kier alpha value is -0.830. The first-order chi connectivity index (χ1) is 4.83. The molecule has 0 fully saturated rings. The molecule has 0 aliphatic carbocycles. The van der Waals surface area contributed by atoms with Gasteiger partial charge in [-0.3, -0.25) is 5.10 Å². The van der Waals surface area contributed by atoms with Crippen LogP contribution in [-0.4, -0.2) is 28.7 Å². The van der Waals surface area contributed by atoms with E-state index in [9.17, 15) is 0 Å². The van der Waals surface area contributed by atoms with Crippen molar-refractivity contribution in [2.45, 2.75) is 13.5 Å². The van der Waals surface area contributed by atoms with Crippen molar-refractivity contribution >= 4 is 0 Å². The molecule has 0 aliphatic heterocycles. The molecule has 1 aromatic heterocycles. The van der Waals surface area contributed by atoms with Gasteiger partial charge in [-0.1, -0.05) is 6.92 Å². The first-order valence-corrected chi connectivity index (χ1v) is 3.49. The van der Waals surface area contributed by atoms with E-state index in [0.717, 1.165) is 13.1 Å². The van der Waals surface area contributed by atoms with Crippen LogP contribution in [0, 0.1) is 0 Å². The maximum absolute atomic E-state index is 3.86. The van der Waals surface area contributed by atoms with Crippen molar-refractivity contribution in [3.05, 3.63) is 18.0 Å². The number of aromatic amines is 1. The van der Waals surface area contributed by atoms with E-state index in [1.54, 1.807) is 0 Å². The Labute approximate surface area is 61.0 Å². The number of rotatable bonds is 3. The predicted octanol–water partition coefficient (Wildman–Crippen LogP) is 0.861. The van der Waals surface area contributed by atoms with E-state index in [2.05, 4.69) is 29.1 Å². The largest absolute Gasteiger partial charge is 0.302 e. The molecule has 1 rings (SSSR count). The summed E-state index contributed by atoms with van der Waals surface area (Å²) < 4.78 is 0. The Balaban J connectivity index is 2.40. The molecule has 0 spiro atoms. The summed E-state index contributed by atoms with van der Waals surface area (Å²) in [5.74, 6) is 0. The van der Waals surface area contributed by atoms with Gasteiger partial charge < -0.3 is 4.90 Å². The minimum Gasteiger partial charge on any atom is -0.302 e. The van der Waals surface area contributed by atoms with Gasteiger partial charge in [0.15, 0.2) is 0 Å². The van der Waals surface area contributed by atoms with Crippen molar-refractivity contribution in [1.29, 1.82) is 0 Å². The average molecular weight is 139 g/mol. The fraction of sp³-hybridized carbons (Fsp3) is 0.571. The smallest absolute Gasteiger partial charge is 0.0532 e. The number of H-pyrrole nitrogens is 1. The Morgan fingerprint density at radius 2 is 2.50 bits per heavy atom. The molecular formula is C7H13N3. The summed E-state index contributed by atoms with van der Waals surface area (Å²) in [6.45, 7) is 4.19. The van der Waals surface area contributed by atoms with Crippen molar-refractivity contribution in [1.82, 2.24) is 15.1 Å². The van der Waals surface area contributed by atoms with Gasteiger partial charge in [0.25, 0.3) is 0 Å².